The first kappa shape index (κ1) is 10.6. The fourth-order valence-corrected chi connectivity index (χ4v) is 0.249. The zero-order valence-corrected chi connectivity index (χ0v) is 5.84. The Labute approximate surface area is 59.8 Å². The molecule has 0 aliphatic rings. The summed E-state index contributed by atoms with van der Waals surface area (Å²) in [6.07, 6.45) is -5.31. The van der Waals surface area contributed by atoms with E-state index in [2.05, 4.69) is 0 Å². The maximum Gasteiger partial charge on any atom is 0.422 e. The summed E-state index contributed by atoms with van der Waals surface area (Å²) in [5.74, 6) is -4.19. The van der Waals surface area contributed by atoms with Crippen LogP contribution in [-0.2, 0) is 0 Å². The Bertz CT molecular complexity index is 126. The molecule has 1 nitrogen and oxygen atoms in total. The van der Waals surface area contributed by atoms with Crippen LogP contribution in [0.1, 0.15) is 13.8 Å². The van der Waals surface area contributed by atoms with Crippen molar-refractivity contribution in [1.29, 1.82) is 0 Å². The van der Waals surface area contributed by atoms with Gasteiger partial charge in [0.2, 0.25) is 5.60 Å². The van der Waals surface area contributed by atoms with Crippen LogP contribution in [0.5, 0.6) is 0 Å². The largest absolute Gasteiger partial charge is 0.422 e. The van der Waals surface area contributed by atoms with E-state index in [1.54, 1.807) is 0 Å². The van der Waals surface area contributed by atoms with E-state index in [4.69, 9.17) is 5.11 Å². The second-order valence-corrected chi connectivity index (χ2v) is 2.46. The third kappa shape index (κ3) is 1.79. The summed E-state index contributed by atoms with van der Waals surface area (Å²) in [5, 5.41) is 8.31. The summed E-state index contributed by atoms with van der Waals surface area (Å²) in [7, 11) is 0. The summed E-state index contributed by atoms with van der Waals surface area (Å²) in [5.41, 5.74) is -3.96. The Morgan fingerprint density at radius 2 is 1.18 bits per heavy atom. The van der Waals surface area contributed by atoms with Gasteiger partial charge in [-0.05, 0) is 6.92 Å². The van der Waals surface area contributed by atoms with Crippen LogP contribution in [-0.4, -0.2) is 22.8 Å². The third-order valence-electron chi connectivity index (χ3n) is 1.41. The number of halogens is 5. The SMILES string of the molecule is CC(F)(F)C(C)(O)C(F)(F)F. The lowest BCUT2D eigenvalue weighted by Crippen LogP contribution is -2.54. The molecule has 0 heterocycles. The Balaban J connectivity index is 4.75. The summed E-state index contributed by atoms with van der Waals surface area (Å²) in [4.78, 5) is 0. The minimum absolute atomic E-state index is 0.0144. The van der Waals surface area contributed by atoms with Gasteiger partial charge in [-0.1, -0.05) is 0 Å². The lowest BCUT2D eigenvalue weighted by molar-refractivity contribution is -0.319. The first-order chi connectivity index (χ1) is 4.50. The molecule has 1 N–H and O–H groups in total. The quantitative estimate of drug-likeness (QED) is 0.608. The van der Waals surface area contributed by atoms with Gasteiger partial charge in [-0.25, -0.2) is 8.78 Å². The molecule has 6 heteroatoms. The van der Waals surface area contributed by atoms with Gasteiger partial charge in [0, 0.05) is 6.92 Å². The molecular weight excluding hydrogens is 171 g/mol. The van der Waals surface area contributed by atoms with Gasteiger partial charge in [-0.3, -0.25) is 0 Å². The van der Waals surface area contributed by atoms with Crippen LogP contribution in [0.4, 0.5) is 22.0 Å². The van der Waals surface area contributed by atoms with E-state index in [9.17, 15) is 22.0 Å². The van der Waals surface area contributed by atoms with E-state index >= 15 is 0 Å². The van der Waals surface area contributed by atoms with Crippen molar-refractivity contribution >= 4 is 0 Å². The first-order valence-electron chi connectivity index (χ1n) is 2.67. The Morgan fingerprint density at radius 3 is 1.18 bits per heavy atom. The fourth-order valence-electron chi connectivity index (χ4n) is 0.249. The van der Waals surface area contributed by atoms with Crippen molar-refractivity contribution < 1.29 is 27.1 Å². The van der Waals surface area contributed by atoms with Crippen molar-refractivity contribution in [3.8, 4) is 0 Å². The minimum atomic E-state index is -5.31. The van der Waals surface area contributed by atoms with E-state index in [1.807, 2.05) is 0 Å². The van der Waals surface area contributed by atoms with Crippen LogP contribution in [0.15, 0.2) is 0 Å². The number of aliphatic hydroxyl groups is 1. The monoisotopic (exact) mass is 178 g/mol. The zero-order chi connectivity index (χ0) is 9.50. The van der Waals surface area contributed by atoms with Crippen LogP contribution in [0.3, 0.4) is 0 Å². The highest BCUT2D eigenvalue weighted by molar-refractivity contribution is 4.92. The molecule has 0 radical (unpaired) electrons. The lowest BCUT2D eigenvalue weighted by Gasteiger charge is -2.31. The normalized spacial score (nSPS) is 19.6. The molecule has 1 unspecified atom stereocenters. The Hall–Kier alpha value is -0.390. The highest BCUT2D eigenvalue weighted by Crippen LogP contribution is 2.41. The molecule has 0 aromatic rings. The predicted molar refractivity (Wildman–Crippen MR) is 27.3 cm³/mol. The van der Waals surface area contributed by atoms with E-state index in [1.165, 1.54) is 0 Å². The molecule has 0 bridgehead atoms. The molecule has 0 aliphatic heterocycles. The van der Waals surface area contributed by atoms with Crippen LogP contribution < -0.4 is 0 Å². The van der Waals surface area contributed by atoms with Crippen LogP contribution in [0, 0.1) is 0 Å². The molecule has 1 atom stereocenters. The molecule has 0 saturated heterocycles. The van der Waals surface area contributed by atoms with Crippen LogP contribution in [0.25, 0.3) is 0 Å². The summed E-state index contributed by atoms with van der Waals surface area (Å²) in [6.45, 7) is 0.0491. The molecule has 68 valence electrons. The van der Waals surface area contributed by atoms with E-state index in [0.717, 1.165) is 0 Å². The highest BCUT2D eigenvalue weighted by Gasteiger charge is 2.63. The molecule has 0 aromatic heterocycles. The topological polar surface area (TPSA) is 20.2 Å². The smallest absolute Gasteiger partial charge is 0.376 e. The molecule has 0 rings (SSSR count). The van der Waals surface area contributed by atoms with Gasteiger partial charge in [0.15, 0.2) is 0 Å². The number of rotatable bonds is 1. The van der Waals surface area contributed by atoms with Crippen molar-refractivity contribution in [2.24, 2.45) is 0 Å². The van der Waals surface area contributed by atoms with Gasteiger partial charge in [0.05, 0.1) is 0 Å². The first-order valence-corrected chi connectivity index (χ1v) is 2.67. The number of hydrogen-bond donors (Lipinski definition) is 1. The van der Waals surface area contributed by atoms with E-state index in [0.29, 0.717) is 0 Å². The summed E-state index contributed by atoms with van der Waals surface area (Å²) < 4.78 is 58.9. The van der Waals surface area contributed by atoms with Crippen LogP contribution in [0.2, 0.25) is 0 Å². The van der Waals surface area contributed by atoms with Gasteiger partial charge in [-0.2, -0.15) is 13.2 Å². The van der Waals surface area contributed by atoms with Gasteiger partial charge >= 0.3 is 6.18 Å². The molecule has 0 aromatic carbocycles. The van der Waals surface area contributed by atoms with Gasteiger partial charge in [-0.15, -0.1) is 0 Å². The average molecular weight is 178 g/mol. The Kier molecular flexibility index (Phi) is 2.22. The minimum Gasteiger partial charge on any atom is -0.376 e. The van der Waals surface area contributed by atoms with Crippen LogP contribution >= 0.6 is 0 Å². The maximum absolute atomic E-state index is 12.0. The standard InChI is InChI=1S/C5H7F5O/c1-3(11,4(2,6)7)5(8,9)10/h11H,1-2H3. The van der Waals surface area contributed by atoms with E-state index in [-0.39, 0.29) is 13.8 Å². The van der Waals surface area contributed by atoms with Crippen molar-refractivity contribution in [3.05, 3.63) is 0 Å². The van der Waals surface area contributed by atoms with Gasteiger partial charge < -0.3 is 5.11 Å². The average Bonchev–Trinajstić information content (AvgIpc) is 1.58. The second-order valence-electron chi connectivity index (χ2n) is 2.46. The van der Waals surface area contributed by atoms with Crippen molar-refractivity contribution in [1.82, 2.24) is 0 Å². The molecule has 0 spiro atoms. The van der Waals surface area contributed by atoms with Gasteiger partial charge in [0.25, 0.3) is 5.92 Å². The fraction of sp³-hybridized carbons (Fsp3) is 1.00. The second kappa shape index (κ2) is 2.30. The highest BCUT2D eigenvalue weighted by atomic mass is 19.4. The molecule has 0 saturated carbocycles. The molecule has 0 amide bonds. The predicted octanol–water partition coefficient (Wildman–Crippen LogP) is 1.95. The zero-order valence-electron chi connectivity index (χ0n) is 5.84. The maximum atomic E-state index is 12.0. The van der Waals surface area contributed by atoms with Crippen molar-refractivity contribution in [3.63, 3.8) is 0 Å². The van der Waals surface area contributed by atoms with Crippen molar-refractivity contribution in [2.75, 3.05) is 0 Å². The van der Waals surface area contributed by atoms with Gasteiger partial charge in [0.1, 0.15) is 0 Å². The number of alkyl halides is 5. The molecule has 11 heavy (non-hydrogen) atoms. The molecule has 0 aliphatic carbocycles. The molecular formula is C5H7F5O. The summed E-state index contributed by atoms with van der Waals surface area (Å²) >= 11 is 0. The number of hydrogen-bond acceptors (Lipinski definition) is 1. The van der Waals surface area contributed by atoms with E-state index < -0.39 is 17.7 Å². The molecule has 0 fully saturated rings. The van der Waals surface area contributed by atoms with Crippen molar-refractivity contribution in [2.45, 2.75) is 31.5 Å². The lowest BCUT2D eigenvalue weighted by atomic mass is 9.99. The Morgan fingerprint density at radius 1 is 0.909 bits per heavy atom. The third-order valence-corrected chi connectivity index (χ3v) is 1.41. The summed E-state index contributed by atoms with van der Waals surface area (Å²) in [6, 6.07) is 0.